The average molecular weight is 309 g/mol. The van der Waals surface area contributed by atoms with Gasteiger partial charge in [0.2, 0.25) is 0 Å². The van der Waals surface area contributed by atoms with Crippen molar-refractivity contribution in [2.45, 2.75) is 44.6 Å². The molecule has 1 fully saturated rings. The first-order chi connectivity index (χ1) is 11.3. The van der Waals surface area contributed by atoms with Crippen LogP contribution >= 0.6 is 0 Å². The van der Waals surface area contributed by atoms with Gasteiger partial charge in [0, 0.05) is 23.4 Å². The molecule has 0 N–H and O–H groups in total. The van der Waals surface area contributed by atoms with Crippen molar-refractivity contribution < 1.29 is 4.39 Å². The highest BCUT2D eigenvalue weighted by Gasteiger charge is 2.25. The van der Waals surface area contributed by atoms with Crippen LogP contribution in [0.5, 0.6) is 0 Å². The smallest absolute Gasteiger partial charge is 0.123 e. The predicted octanol–water partition coefficient (Wildman–Crippen LogP) is 4.79. The summed E-state index contributed by atoms with van der Waals surface area (Å²) < 4.78 is 16.0. The minimum atomic E-state index is -0.0919. The second-order valence-corrected chi connectivity index (χ2v) is 6.31. The molecule has 118 valence electrons. The fraction of sp³-hybridized carbons (Fsp3) is 0.368. The summed E-state index contributed by atoms with van der Waals surface area (Å²) >= 11 is 0. The zero-order chi connectivity index (χ0) is 15.6. The first kappa shape index (κ1) is 14.4. The molecule has 0 bridgehead atoms. The van der Waals surface area contributed by atoms with Crippen LogP contribution in [0.25, 0.3) is 11.4 Å². The van der Waals surface area contributed by atoms with Crippen molar-refractivity contribution in [1.82, 2.24) is 14.8 Å². The molecule has 4 rings (SSSR count). The van der Waals surface area contributed by atoms with Crippen molar-refractivity contribution in [2.75, 3.05) is 0 Å². The third kappa shape index (κ3) is 2.85. The summed E-state index contributed by atoms with van der Waals surface area (Å²) in [7, 11) is 0. The highest BCUT2D eigenvalue weighted by atomic mass is 19.1. The van der Waals surface area contributed by atoms with E-state index in [1.165, 1.54) is 25.0 Å². The molecule has 2 aliphatic carbocycles. The molecular formula is C19H20FN3. The van der Waals surface area contributed by atoms with Gasteiger partial charge in [-0.3, -0.25) is 9.67 Å². The van der Waals surface area contributed by atoms with E-state index in [-0.39, 0.29) is 5.83 Å². The number of aromatic nitrogens is 3. The van der Waals surface area contributed by atoms with Crippen molar-refractivity contribution in [3.05, 3.63) is 59.7 Å². The van der Waals surface area contributed by atoms with Gasteiger partial charge in [0.05, 0.1) is 12.2 Å². The number of halogens is 1. The molecule has 0 unspecified atom stereocenters. The Morgan fingerprint density at radius 3 is 2.70 bits per heavy atom. The van der Waals surface area contributed by atoms with Crippen LogP contribution in [0, 0.1) is 0 Å². The standard InChI is InChI=1S/C19H20FN3/c20-16-9-2-1-6-15(16)13-23-19(14-7-5-8-14)12-18(22-23)17-10-3-4-11-21-17/h3-4,6,9-12,14H,1-2,5,7-8,13H2. The second-order valence-electron chi connectivity index (χ2n) is 6.31. The molecule has 2 aromatic rings. The number of hydrogen-bond donors (Lipinski definition) is 0. The summed E-state index contributed by atoms with van der Waals surface area (Å²) in [5.74, 6) is 0.460. The largest absolute Gasteiger partial charge is 0.264 e. The highest BCUT2D eigenvalue weighted by molar-refractivity contribution is 5.54. The maximum Gasteiger partial charge on any atom is 0.123 e. The lowest BCUT2D eigenvalue weighted by Gasteiger charge is -2.26. The molecule has 4 heteroatoms. The lowest BCUT2D eigenvalue weighted by atomic mass is 9.82. The van der Waals surface area contributed by atoms with Gasteiger partial charge in [-0.05, 0) is 50.0 Å². The van der Waals surface area contributed by atoms with Crippen molar-refractivity contribution in [3.8, 4) is 11.4 Å². The predicted molar refractivity (Wildman–Crippen MR) is 88.6 cm³/mol. The van der Waals surface area contributed by atoms with Crippen molar-refractivity contribution >= 4 is 0 Å². The molecule has 0 aromatic carbocycles. The molecule has 23 heavy (non-hydrogen) atoms. The number of nitrogens with zero attached hydrogens (tertiary/aromatic N) is 3. The molecule has 0 saturated heterocycles. The molecule has 0 spiro atoms. The van der Waals surface area contributed by atoms with Gasteiger partial charge >= 0.3 is 0 Å². The van der Waals surface area contributed by atoms with E-state index in [1.54, 1.807) is 12.3 Å². The Hall–Kier alpha value is -2.23. The molecular weight excluding hydrogens is 289 g/mol. The van der Waals surface area contributed by atoms with Crippen LogP contribution in [-0.4, -0.2) is 14.8 Å². The third-order valence-corrected chi connectivity index (χ3v) is 4.77. The minimum Gasteiger partial charge on any atom is -0.264 e. The molecule has 2 aliphatic rings. The van der Waals surface area contributed by atoms with Crippen molar-refractivity contribution in [3.63, 3.8) is 0 Å². The maximum atomic E-state index is 14.0. The van der Waals surface area contributed by atoms with Crippen LogP contribution in [-0.2, 0) is 6.54 Å². The number of rotatable bonds is 4. The molecule has 0 radical (unpaired) electrons. The van der Waals surface area contributed by atoms with E-state index < -0.39 is 0 Å². The van der Waals surface area contributed by atoms with Crippen molar-refractivity contribution in [2.24, 2.45) is 0 Å². The SMILES string of the molecule is FC1=CCCC=C1Cn1nc(-c2ccccn2)cc1C1CCC1. The minimum absolute atomic E-state index is 0.0919. The van der Waals surface area contributed by atoms with Crippen LogP contribution in [0.1, 0.15) is 43.7 Å². The van der Waals surface area contributed by atoms with Crippen LogP contribution in [0.4, 0.5) is 4.39 Å². The summed E-state index contributed by atoms with van der Waals surface area (Å²) in [6.07, 6.45) is 10.8. The lowest BCUT2D eigenvalue weighted by Crippen LogP contribution is -2.16. The second kappa shape index (κ2) is 6.11. The fourth-order valence-corrected chi connectivity index (χ4v) is 3.23. The van der Waals surface area contributed by atoms with Crippen molar-refractivity contribution in [1.29, 1.82) is 0 Å². The number of hydrogen-bond acceptors (Lipinski definition) is 2. The molecule has 0 aliphatic heterocycles. The fourth-order valence-electron chi connectivity index (χ4n) is 3.23. The number of allylic oxidation sites excluding steroid dienone is 4. The van der Waals surface area contributed by atoms with Crippen LogP contribution in [0.15, 0.2) is 54.0 Å². The molecule has 2 heterocycles. The maximum absolute atomic E-state index is 14.0. The van der Waals surface area contributed by atoms with Gasteiger partial charge in [-0.1, -0.05) is 18.6 Å². The monoisotopic (exact) mass is 309 g/mol. The van der Waals surface area contributed by atoms with E-state index >= 15 is 0 Å². The Bertz CT molecular complexity index is 754. The third-order valence-electron chi connectivity index (χ3n) is 4.77. The first-order valence-electron chi connectivity index (χ1n) is 8.35. The van der Waals surface area contributed by atoms with Gasteiger partial charge in [0.1, 0.15) is 11.5 Å². The van der Waals surface area contributed by atoms with E-state index in [4.69, 9.17) is 5.10 Å². The van der Waals surface area contributed by atoms with E-state index in [9.17, 15) is 4.39 Å². The summed E-state index contributed by atoms with van der Waals surface area (Å²) in [6, 6.07) is 7.98. The van der Waals surface area contributed by atoms with E-state index in [0.717, 1.165) is 29.8 Å². The van der Waals surface area contributed by atoms with Crippen LogP contribution in [0.3, 0.4) is 0 Å². The Labute approximate surface area is 135 Å². The van der Waals surface area contributed by atoms with Gasteiger partial charge < -0.3 is 0 Å². The van der Waals surface area contributed by atoms with Crippen LogP contribution < -0.4 is 0 Å². The highest BCUT2D eigenvalue weighted by Crippen LogP contribution is 2.38. The van der Waals surface area contributed by atoms with E-state index in [2.05, 4.69) is 11.1 Å². The zero-order valence-electron chi connectivity index (χ0n) is 13.1. The quantitative estimate of drug-likeness (QED) is 0.813. The Balaban J connectivity index is 1.68. The van der Waals surface area contributed by atoms with Gasteiger partial charge in [-0.15, -0.1) is 0 Å². The topological polar surface area (TPSA) is 30.7 Å². The summed E-state index contributed by atoms with van der Waals surface area (Å²) in [4.78, 5) is 4.39. The molecule has 1 saturated carbocycles. The van der Waals surface area contributed by atoms with Gasteiger partial charge in [-0.2, -0.15) is 5.10 Å². The van der Waals surface area contributed by atoms with E-state index in [1.807, 2.05) is 29.0 Å². The Kier molecular flexibility index (Phi) is 3.82. The van der Waals surface area contributed by atoms with Gasteiger partial charge in [-0.25, -0.2) is 4.39 Å². The van der Waals surface area contributed by atoms with E-state index in [0.29, 0.717) is 12.5 Å². The lowest BCUT2D eigenvalue weighted by molar-refractivity contribution is 0.391. The van der Waals surface area contributed by atoms with Gasteiger partial charge in [0.15, 0.2) is 0 Å². The Morgan fingerprint density at radius 1 is 1.13 bits per heavy atom. The summed E-state index contributed by atoms with van der Waals surface area (Å²) in [5, 5.41) is 4.73. The molecule has 3 nitrogen and oxygen atoms in total. The van der Waals surface area contributed by atoms with Crippen LogP contribution in [0.2, 0.25) is 0 Å². The summed E-state index contributed by atoms with van der Waals surface area (Å²) in [5.41, 5.74) is 3.73. The zero-order valence-corrected chi connectivity index (χ0v) is 13.1. The first-order valence-corrected chi connectivity index (χ1v) is 8.35. The number of pyridine rings is 1. The molecule has 2 aromatic heterocycles. The summed E-state index contributed by atoms with van der Waals surface area (Å²) in [6.45, 7) is 0.515. The Morgan fingerprint density at radius 2 is 2.00 bits per heavy atom. The average Bonchev–Trinajstić information content (AvgIpc) is 2.92. The molecule has 0 amide bonds. The molecule has 0 atom stereocenters. The van der Waals surface area contributed by atoms with Gasteiger partial charge in [0.25, 0.3) is 0 Å². The normalized spacial score (nSPS) is 18.3.